The van der Waals surface area contributed by atoms with E-state index >= 15 is 0 Å². The Morgan fingerprint density at radius 2 is 1.91 bits per heavy atom. The Morgan fingerprint density at radius 1 is 1.18 bits per heavy atom. The van der Waals surface area contributed by atoms with Gasteiger partial charge in [-0.15, -0.1) is 0 Å². The van der Waals surface area contributed by atoms with E-state index in [9.17, 15) is 4.79 Å². The molecule has 0 radical (unpaired) electrons. The average molecular weight is 297 g/mol. The van der Waals surface area contributed by atoms with Gasteiger partial charge in [0.2, 0.25) is 0 Å². The SMILES string of the molecule is CC(C)[C@@H](C)NC(=O)c1nn(-c2ccccc2)c2c1CCC2. The molecule has 1 aliphatic rings. The van der Waals surface area contributed by atoms with Crippen LogP contribution in [-0.4, -0.2) is 21.7 Å². The molecule has 1 amide bonds. The van der Waals surface area contributed by atoms with Crippen molar-refractivity contribution in [2.45, 2.75) is 46.1 Å². The van der Waals surface area contributed by atoms with Crippen LogP contribution >= 0.6 is 0 Å². The molecule has 0 saturated carbocycles. The summed E-state index contributed by atoms with van der Waals surface area (Å²) in [5.41, 5.74) is 3.94. The number of benzene rings is 1. The van der Waals surface area contributed by atoms with Crippen LogP contribution in [0.1, 0.15) is 48.9 Å². The van der Waals surface area contributed by atoms with Crippen molar-refractivity contribution in [3.63, 3.8) is 0 Å². The molecule has 1 heterocycles. The first kappa shape index (κ1) is 14.8. The van der Waals surface area contributed by atoms with Gasteiger partial charge in [0.05, 0.1) is 5.69 Å². The van der Waals surface area contributed by atoms with Gasteiger partial charge >= 0.3 is 0 Å². The molecule has 0 aliphatic heterocycles. The summed E-state index contributed by atoms with van der Waals surface area (Å²) in [4.78, 5) is 12.6. The van der Waals surface area contributed by atoms with Crippen LogP contribution in [0.15, 0.2) is 30.3 Å². The second kappa shape index (κ2) is 5.95. The fraction of sp³-hybridized carbons (Fsp3) is 0.444. The van der Waals surface area contributed by atoms with Gasteiger partial charge in [-0.1, -0.05) is 32.0 Å². The summed E-state index contributed by atoms with van der Waals surface area (Å²) in [5.74, 6) is 0.363. The van der Waals surface area contributed by atoms with E-state index < -0.39 is 0 Å². The summed E-state index contributed by atoms with van der Waals surface area (Å²) >= 11 is 0. The highest BCUT2D eigenvalue weighted by molar-refractivity contribution is 5.94. The van der Waals surface area contributed by atoms with E-state index in [1.807, 2.05) is 41.9 Å². The molecule has 1 aromatic carbocycles. The van der Waals surface area contributed by atoms with E-state index in [4.69, 9.17) is 0 Å². The highest BCUT2D eigenvalue weighted by Gasteiger charge is 2.27. The van der Waals surface area contributed by atoms with Gasteiger partial charge in [0.25, 0.3) is 5.91 Å². The van der Waals surface area contributed by atoms with Crippen molar-refractivity contribution in [1.82, 2.24) is 15.1 Å². The van der Waals surface area contributed by atoms with Crippen LogP contribution in [-0.2, 0) is 12.8 Å². The first-order valence-electron chi connectivity index (χ1n) is 8.05. The van der Waals surface area contributed by atoms with Crippen molar-refractivity contribution in [3.8, 4) is 5.69 Å². The number of hydrogen-bond acceptors (Lipinski definition) is 2. The fourth-order valence-electron chi connectivity index (χ4n) is 2.84. The molecule has 1 N–H and O–H groups in total. The highest BCUT2D eigenvalue weighted by atomic mass is 16.2. The molecular formula is C18H23N3O. The molecule has 0 bridgehead atoms. The first-order chi connectivity index (χ1) is 10.6. The van der Waals surface area contributed by atoms with Crippen LogP contribution in [0.5, 0.6) is 0 Å². The number of hydrogen-bond donors (Lipinski definition) is 1. The van der Waals surface area contributed by atoms with Crippen LogP contribution in [0.2, 0.25) is 0 Å². The van der Waals surface area contributed by atoms with E-state index in [0.717, 1.165) is 30.5 Å². The quantitative estimate of drug-likeness (QED) is 0.942. The predicted molar refractivity (Wildman–Crippen MR) is 87.4 cm³/mol. The molecule has 2 aromatic rings. The molecule has 22 heavy (non-hydrogen) atoms. The maximum absolute atomic E-state index is 12.6. The lowest BCUT2D eigenvalue weighted by atomic mass is 10.1. The number of fused-ring (bicyclic) bond motifs is 1. The monoisotopic (exact) mass is 297 g/mol. The Kier molecular flexibility index (Phi) is 4.01. The standard InChI is InChI=1S/C18H23N3O/c1-12(2)13(3)19-18(22)17-15-10-7-11-16(15)21(20-17)14-8-5-4-6-9-14/h4-6,8-9,12-13H,7,10-11H2,1-3H3,(H,19,22)/t13-/m1/s1. The minimum absolute atomic E-state index is 0.0472. The molecule has 1 aliphatic carbocycles. The number of nitrogens with one attached hydrogen (secondary N) is 1. The number of aromatic nitrogens is 2. The summed E-state index contributed by atoms with van der Waals surface area (Å²) in [6, 6.07) is 10.2. The van der Waals surface area contributed by atoms with Crippen molar-refractivity contribution in [2.24, 2.45) is 5.92 Å². The van der Waals surface area contributed by atoms with E-state index in [-0.39, 0.29) is 11.9 Å². The normalized spacial score (nSPS) is 14.9. The summed E-state index contributed by atoms with van der Waals surface area (Å²) in [5, 5.41) is 7.69. The van der Waals surface area contributed by atoms with Gasteiger partial charge in [-0.05, 0) is 44.2 Å². The van der Waals surface area contributed by atoms with Gasteiger partial charge in [0.1, 0.15) is 0 Å². The maximum atomic E-state index is 12.6. The topological polar surface area (TPSA) is 46.9 Å². The predicted octanol–water partition coefficient (Wildman–Crippen LogP) is 3.14. The zero-order valence-corrected chi connectivity index (χ0v) is 13.5. The Hall–Kier alpha value is -2.10. The van der Waals surface area contributed by atoms with Crippen LogP contribution in [0.25, 0.3) is 5.69 Å². The summed E-state index contributed by atoms with van der Waals surface area (Å²) in [6.45, 7) is 6.26. The highest BCUT2D eigenvalue weighted by Crippen LogP contribution is 2.27. The Balaban J connectivity index is 1.95. The van der Waals surface area contributed by atoms with Crippen molar-refractivity contribution >= 4 is 5.91 Å². The van der Waals surface area contributed by atoms with Crippen molar-refractivity contribution < 1.29 is 4.79 Å². The van der Waals surface area contributed by atoms with Gasteiger partial charge in [-0.2, -0.15) is 5.10 Å². The lowest BCUT2D eigenvalue weighted by Gasteiger charge is -2.16. The molecule has 0 spiro atoms. The average Bonchev–Trinajstić information content (AvgIpc) is 3.09. The number of nitrogens with zero attached hydrogens (tertiary/aromatic N) is 2. The number of rotatable bonds is 4. The zero-order valence-electron chi connectivity index (χ0n) is 13.5. The summed E-state index contributed by atoms with van der Waals surface area (Å²) in [7, 11) is 0. The Bertz CT molecular complexity index is 673. The van der Waals surface area contributed by atoms with Crippen molar-refractivity contribution in [3.05, 3.63) is 47.3 Å². The lowest BCUT2D eigenvalue weighted by molar-refractivity contribution is 0.0924. The number of carbonyl (C=O) groups excluding carboxylic acids is 1. The van der Waals surface area contributed by atoms with Crippen LogP contribution < -0.4 is 5.32 Å². The van der Waals surface area contributed by atoms with Gasteiger partial charge in [-0.3, -0.25) is 4.79 Å². The van der Waals surface area contributed by atoms with Gasteiger partial charge in [0.15, 0.2) is 5.69 Å². The maximum Gasteiger partial charge on any atom is 0.272 e. The number of amides is 1. The third-order valence-corrected chi connectivity index (χ3v) is 4.50. The fourth-order valence-corrected chi connectivity index (χ4v) is 2.84. The Labute approximate surface area is 131 Å². The second-order valence-corrected chi connectivity index (χ2v) is 6.38. The van der Waals surface area contributed by atoms with Gasteiger partial charge < -0.3 is 5.32 Å². The molecule has 1 atom stereocenters. The minimum Gasteiger partial charge on any atom is -0.348 e. The number of carbonyl (C=O) groups is 1. The molecule has 116 valence electrons. The Morgan fingerprint density at radius 3 is 2.59 bits per heavy atom. The van der Waals surface area contributed by atoms with Gasteiger partial charge in [-0.25, -0.2) is 4.68 Å². The molecule has 4 nitrogen and oxygen atoms in total. The zero-order chi connectivity index (χ0) is 15.7. The first-order valence-corrected chi connectivity index (χ1v) is 8.05. The summed E-state index contributed by atoms with van der Waals surface area (Å²) in [6.07, 6.45) is 3.03. The molecule has 1 aromatic heterocycles. The van der Waals surface area contributed by atoms with E-state index in [1.54, 1.807) is 0 Å². The third-order valence-electron chi connectivity index (χ3n) is 4.50. The molecule has 4 heteroatoms. The van der Waals surface area contributed by atoms with Crippen LogP contribution in [0, 0.1) is 5.92 Å². The van der Waals surface area contributed by atoms with Crippen molar-refractivity contribution in [1.29, 1.82) is 0 Å². The largest absolute Gasteiger partial charge is 0.348 e. The second-order valence-electron chi connectivity index (χ2n) is 6.38. The molecule has 0 fully saturated rings. The summed E-state index contributed by atoms with van der Waals surface area (Å²) < 4.78 is 1.94. The third kappa shape index (κ3) is 2.65. The minimum atomic E-state index is -0.0472. The molecular weight excluding hydrogens is 274 g/mol. The van der Waals surface area contributed by atoms with Gasteiger partial charge in [0, 0.05) is 17.3 Å². The van der Waals surface area contributed by atoms with Crippen LogP contribution in [0.4, 0.5) is 0 Å². The lowest BCUT2D eigenvalue weighted by Crippen LogP contribution is -2.36. The molecule has 3 rings (SSSR count). The van der Waals surface area contributed by atoms with E-state index in [2.05, 4.69) is 24.3 Å². The van der Waals surface area contributed by atoms with Crippen LogP contribution in [0.3, 0.4) is 0 Å². The van der Waals surface area contributed by atoms with E-state index in [1.165, 1.54) is 5.69 Å². The molecule has 0 saturated heterocycles. The molecule has 0 unspecified atom stereocenters. The smallest absolute Gasteiger partial charge is 0.272 e. The number of para-hydroxylation sites is 1. The van der Waals surface area contributed by atoms with Crippen molar-refractivity contribution in [2.75, 3.05) is 0 Å². The van der Waals surface area contributed by atoms with E-state index in [0.29, 0.717) is 11.6 Å².